The molecule has 1 saturated heterocycles. The maximum atomic E-state index is 14.8. The van der Waals surface area contributed by atoms with Crippen LogP contribution in [0, 0.1) is 11.8 Å². The molecule has 0 radical (unpaired) electrons. The Balaban J connectivity index is 1.54. The van der Waals surface area contributed by atoms with Crippen molar-refractivity contribution >= 4 is 41.0 Å². The Kier molecular flexibility index (Phi) is 9.69. The summed E-state index contributed by atoms with van der Waals surface area (Å²) in [5.41, 5.74) is -3.42. The number of esters is 1. The molecule has 6 atom stereocenters. The lowest BCUT2D eigenvalue weighted by Gasteiger charge is -2.55. The average Bonchev–Trinajstić information content (AvgIpc) is 3.78. The Morgan fingerprint density at radius 3 is 2.42 bits per heavy atom. The van der Waals surface area contributed by atoms with Gasteiger partial charge in [0.2, 0.25) is 5.78 Å². The van der Waals surface area contributed by atoms with Crippen LogP contribution in [0.4, 0.5) is 0 Å². The van der Waals surface area contributed by atoms with Gasteiger partial charge in [-0.3, -0.25) is 29.0 Å². The molecular weight excluding hydrogens is 638 g/mol. The van der Waals surface area contributed by atoms with E-state index in [0.717, 1.165) is 51.6 Å². The second kappa shape index (κ2) is 13.5. The third-order valence-corrected chi connectivity index (χ3v) is 12.3. The molecule has 12 nitrogen and oxygen atoms in total. The number of nitrogens with zero attached hydrogens (tertiary/aromatic N) is 2. The average molecular weight is 684 g/mol. The zero-order valence-corrected chi connectivity index (χ0v) is 28.4. The molecule has 0 spiro atoms. The topological polar surface area (TPSA) is 177 Å². The van der Waals surface area contributed by atoms with Gasteiger partial charge < -0.3 is 30.5 Å². The summed E-state index contributed by atoms with van der Waals surface area (Å²) >= 11 is 1.71. The molecule has 260 valence electrons. The number of hydrogen-bond donors (Lipinski definition) is 5. The number of aliphatic hydroxyl groups excluding tert-OH is 2. The number of ketones is 2. The molecule has 1 aromatic rings. The predicted molar refractivity (Wildman–Crippen MR) is 178 cm³/mol. The summed E-state index contributed by atoms with van der Waals surface area (Å²) in [4.78, 5) is 59.2. The number of aromatic hydroxyl groups is 1. The number of rotatable bonds is 9. The summed E-state index contributed by atoms with van der Waals surface area (Å²) < 4.78 is 6.09. The minimum Gasteiger partial charge on any atom is -0.508 e. The van der Waals surface area contributed by atoms with Crippen molar-refractivity contribution in [3.05, 3.63) is 46.2 Å². The zero-order chi connectivity index (χ0) is 34.5. The van der Waals surface area contributed by atoms with Crippen LogP contribution < -0.4 is 5.32 Å². The van der Waals surface area contributed by atoms with Crippen molar-refractivity contribution in [1.82, 2.24) is 15.1 Å². The van der Waals surface area contributed by atoms with Gasteiger partial charge in [0.25, 0.3) is 5.91 Å². The Labute approximate surface area is 284 Å². The molecule has 0 bridgehead atoms. The first-order valence-corrected chi connectivity index (χ1v) is 17.9. The smallest absolute Gasteiger partial charge is 0.305 e. The molecule has 1 amide bonds. The highest BCUT2D eigenvalue weighted by atomic mass is 32.2. The second-order valence-corrected chi connectivity index (χ2v) is 15.1. The number of Topliss-reactive ketones (excluding diaryl/α,β-unsaturated/α-hetero) is 2. The lowest BCUT2D eigenvalue weighted by Crippen LogP contribution is -2.71. The van der Waals surface area contributed by atoms with Gasteiger partial charge in [-0.1, -0.05) is 31.9 Å². The minimum absolute atomic E-state index is 0.0276. The van der Waals surface area contributed by atoms with Gasteiger partial charge in [0, 0.05) is 34.8 Å². The normalized spacial score (nSPS) is 30.8. The molecule has 5 aliphatic rings. The lowest BCUT2D eigenvalue weighted by molar-refractivity contribution is -0.185. The summed E-state index contributed by atoms with van der Waals surface area (Å²) in [5, 5.41) is 50.1. The van der Waals surface area contributed by atoms with Crippen molar-refractivity contribution in [2.75, 3.05) is 39.6 Å². The molecule has 6 rings (SSSR count). The largest absolute Gasteiger partial charge is 0.508 e. The van der Waals surface area contributed by atoms with Gasteiger partial charge >= 0.3 is 5.97 Å². The number of benzene rings is 1. The maximum Gasteiger partial charge on any atom is 0.305 e. The molecule has 13 heteroatoms. The van der Waals surface area contributed by atoms with E-state index in [1.54, 1.807) is 44.9 Å². The lowest BCUT2D eigenvalue weighted by atomic mass is 9.54. The van der Waals surface area contributed by atoms with Gasteiger partial charge in [-0.15, -0.1) is 0 Å². The van der Waals surface area contributed by atoms with Crippen molar-refractivity contribution in [3.63, 3.8) is 0 Å². The van der Waals surface area contributed by atoms with Gasteiger partial charge in [-0.05, 0) is 64.5 Å². The van der Waals surface area contributed by atoms with Gasteiger partial charge in [-0.2, -0.15) is 11.8 Å². The molecule has 1 heterocycles. The monoisotopic (exact) mass is 683 g/mol. The maximum absolute atomic E-state index is 14.8. The molecule has 1 aromatic carbocycles. The summed E-state index contributed by atoms with van der Waals surface area (Å²) in [6, 6.07) is 3.41. The first-order valence-electron chi connectivity index (χ1n) is 16.9. The van der Waals surface area contributed by atoms with E-state index in [1.165, 1.54) is 11.0 Å². The van der Waals surface area contributed by atoms with E-state index in [1.807, 2.05) is 4.90 Å². The number of likely N-dealkylation sites (tertiary alicyclic amines) is 1. The summed E-state index contributed by atoms with van der Waals surface area (Å²) in [7, 11) is 3.11. The predicted octanol–water partition coefficient (Wildman–Crippen LogP) is 2.80. The molecule has 4 aliphatic carbocycles. The highest BCUT2D eigenvalue weighted by Gasteiger charge is 2.70. The second-order valence-electron chi connectivity index (χ2n) is 13.8. The number of nitrogens with one attached hydrogen (secondary N) is 1. The minimum atomic E-state index is -2.92. The third kappa shape index (κ3) is 5.62. The van der Waals surface area contributed by atoms with Gasteiger partial charge in [0.05, 0.1) is 24.2 Å². The van der Waals surface area contributed by atoms with Gasteiger partial charge in [0.1, 0.15) is 28.9 Å². The number of aliphatic hydroxyl groups is 3. The van der Waals surface area contributed by atoms with E-state index in [0.29, 0.717) is 16.6 Å². The van der Waals surface area contributed by atoms with E-state index in [-0.39, 0.29) is 30.0 Å². The standard InChI is InChI=1S/C35H45N3O9S/c1-4-22(40)47-31-24-20(16-48-18-10-5-6-11-18)19-12-9-13-21(39)23(19)29(41)25(24)32(43)35(46)27(31)28(37(2)3)30(42)26(33(35)44)34(45)36-17-38-14-7-8-15-38/h9,12-13,18,20,24,27-28,31,39,41,44,46H,4-8,10-11,14-17H2,1-3H3,(H,36,45)/t20-,24-,27-,28-,31-,35+/m0/s1. The molecule has 1 aliphatic heterocycles. The van der Waals surface area contributed by atoms with E-state index < -0.39 is 76.0 Å². The molecule has 0 unspecified atom stereocenters. The quantitative estimate of drug-likeness (QED) is 0.190. The Morgan fingerprint density at radius 1 is 1.08 bits per heavy atom. The summed E-state index contributed by atoms with van der Waals surface area (Å²) in [6.07, 6.45) is 4.73. The fourth-order valence-corrected chi connectivity index (χ4v) is 9.96. The Morgan fingerprint density at radius 2 is 1.77 bits per heavy atom. The van der Waals surface area contributed by atoms with Crippen molar-refractivity contribution in [3.8, 4) is 5.75 Å². The van der Waals surface area contributed by atoms with Crippen LogP contribution in [0.2, 0.25) is 0 Å². The van der Waals surface area contributed by atoms with Gasteiger partial charge in [-0.25, -0.2) is 0 Å². The number of hydrogen-bond acceptors (Lipinski definition) is 12. The van der Waals surface area contributed by atoms with E-state index >= 15 is 0 Å². The number of likely N-dealkylation sites (N-methyl/N-ethyl adjacent to an activating group) is 1. The summed E-state index contributed by atoms with van der Waals surface area (Å²) in [5.74, 6) is -8.27. The third-order valence-electron chi connectivity index (χ3n) is 10.8. The highest BCUT2D eigenvalue weighted by Crippen LogP contribution is 2.58. The summed E-state index contributed by atoms with van der Waals surface area (Å²) in [6.45, 7) is 3.19. The number of carbonyl (C=O) groups is 4. The van der Waals surface area contributed by atoms with Crippen LogP contribution in [0.15, 0.2) is 35.1 Å². The van der Waals surface area contributed by atoms with E-state index in [4.69, 9.17) is 4.74 Å². The van der Waals surface area contributed by atoms with Crippen LogP contribution >= 0.6 is 11.8 Å². The first-order chi connectivity index (χ1) is 22.9. The van der Waals surface area contributed by atoms with Crippen molar-refractivity contribution < 1.29 is 44.3 Å². The number of phenols is 1. The molecule has 48 heavy (non-hydrogen) atoms. The number of fused-ring (bicyclic) bond motifs is 3. The number of carbonyl (C=O) groups excluding carboxylic acids is 4. The van der Waals surface area contributed by atoms with E-state index in [2.05, 4.69) is 5.32 Å². The fourth-order valence-electron chi connectivity index (χ4n) is 8.43. The van der Waals surface area contributed by atoms with E-state index in [9.17, 15) is 39.6 Å². The van der Waals surface area contributed by atoms with Crippen LogP contribution in [-0.2, 0) is 23.9 Å². The van der Waals surface area contributed by atoms with Crippen LogP contribution in [0.5, 0.6) is 5.75 Å². The molecular formula is C35H45N3O9S. The van der Waals surface area contributed by atoms with Crippen molar-refractivity contribution in [1.29, 1.82) is 0 Å². The van der Waals surface area contributed by atoms with Crippen LogP contribution in [0.25, 0.3) is 5.76 Å². The van der Waals surface area contributed by atoms with Gasteiger partial charge in [0.15, 0.2) is 11.4 Å². The van der Waals surface area contributed by atoms with Crippen LogP contribution in [0.1, 0.15) is 68.9 Å². The highest BCUT2D eigenvalue weighted by molar-refractivity contribution is 7.99. The molecule has 3 fully saturated rings. The zero-order valence-electron chi connectivity index (χ0n) is 27.6. The number of amides is 1. The number of thioether (sulfide) groups is 1. The number of phenolic OH excluding ortho intramolecular Hbond substituents is 1. The SMILES string of the molecule is CCC(=O)O[C@H]1[C@@H]2C(=C(O)c3c(O)cccc3[C@@H]2CSC2CCCC2)C(=O)[C@@]2(O)C(O)=C(C(=O)NCN3CCCC3)C(=O)[C@@H](N(C)C)[C@@H]12. The fraction of sp³-hybridized carbons (Fsp3) is 0.600. The Hall–Kier alpha value is -3.39. The number of ether oxygens (including phenoxy) is 1. The van der Waals surface area contributed by atoms with Crippen LogP contribution in [0.3, 0.4) is 0 Å². The van der Waals surface area contributed by atoms with Crippen molar-refractivity contribution in [2.45, 2.75) is 80.8 Å². The molecule has 2 saturated carbocycles. The molecule has 5 N–H and O–H groups in total. The van der Waals surface area contributed by atoms with Crippen LogP contribution in [-0.4, -0.2) is 116 Å². The van der Waals surface area contributed by atoms with Crippen molar-refractivity contribution in [2.24, 2.45) is 11.8 Å². The first kappa shape index (κ1) is 34.5. The molecule has 0 aromatic heterocycles. The Bertz CT molecular complexity index is 1560.